The second kappa shape index (κ2) is 6.46. The molecule has 0 aliphatic carbocycles. The molecule has 0 bridgehead atoms. The Bertz CT molecular complexity index is 198. The van der Waals surface area contributed by atoms with E-state index in [-0.39, 0.29) is 5.48 Å². The maximum atomic E-state index is 5.36. The van der Waals surface area contributed by atoms with E-state index in [0.717, 1.165) is 10.2 Å². The highest BCUT2D eigenvalue weighted by molar-refractivity contribution is 5.35. The monoisotopic (exact) mass is 184 g/mol. The molecule has 0 heterocycles. The molecule has 0 saturated carbocycles. The molecule has 0 atom stereocenters. The van der Waals surface area contributed by atoms with Crippen molar-refractivity contribution in [3.8, 4) is 0 Å². The van der Waals surface area contributed by atoms with Gasteiger partial charge < -0.3 is 15.7 Å². The lowest BCUT2D eigenvalue weighted by Gasteiger charge is -2.14. The summed E-state index contributed by atoms with van der Waals surface area (Å²) in [4.78, 5) is 0. The zero-order chi connectivity index (χ0) is 9.61. The summed E-state index contributed by atoms with van der Waals surface area (Å²) in [6.07, 6.45) is 0. The summed E-state index contributed by atoms with van der Waals surface area (Å²) in [5.74, 6) is 0. The lowest BCUT2D eigenvalue weighted by Crippen LogP contribution is -2.27. The van der Waals surface area contributed by atoms with E-state index in [1.54, 1.807) is 0 Å². The second-order valence-corrected chi connectivity index (χ2v) is 4.09. The van der Waals surface area contributed by atoms with E-state index in [4.69, 9.17) is 5.73 Å². The van der Waals surface area contributed by atoms with Crippen molar-refractivity contribution in [2.45, 2.75) is 0 Å². The van der Waals surface area contributed by atoms with Crippen molar-refractivity contribution < 1.29 is 9.96 Å². The predicted octanol–water partition coefficient (Wildman–Crippen LogP) is 1.41. The summed E-state index contributed by atoms with van der Waals surface area (Å²) < 4.78 is 1.00. The van der Waals surface area contributed by atoms with Gasteiger partial charge in [0.05, 0.1) is 28.2 Å². The Morgan fingerprint density at radius 1 is 0.923 bits per heavy atom. The number of nitrogens with zero attached hydrogens (tertiary/aromatic N) is 1. The molecule has 13 heavy (non-hydrogen) atoms. The van der Waals surface area contributed by atoms with E-state index >= 15 is 0 Å². The molecule has 0 aliphatic heterocycles. The molecule has 0 amide bonds. The Morgan fingerprint density at radius 3 is 1.38 bits per heavy atom. The van der Waals surface area contributed by atoms with Crippen molar-refractivity contribution in [2.75, 3.05) is 33.9 Å². The van der Waals surface area contributed by atoms with Crippen LogP contribution in [0, 0.1) is 0 Å². The van der Waals surface area contributed by atoms with Crippen molar-refractivity contribution in [3.63, 3.8) is 0 Å². The predicted molar refractivity (Wildman–Crippen MR) is 56.7 cm³/mol. The molecular weight excluding hydrogens is 164 g/mol. The Balaban J connectivity index is 0. The minimum absolute atomic E-state index is 0. The largest absolute Gasteiger partial charge is 0.870 e. The summed E-state index contributed by atoms with van der Waals surface area (Å²) in [6, 6.07) is 9.49. The second-order valence-electron chi connectivity index (χ2n) is 4.09. The fourth-order valence-corrected chi connectivity index (χ4v) is 0.453. The third kappa shape index (κ3) is 18.2. The molecule has 0 aromatic heterocycles. The molecule has 76 valence electrons. The van der Waals surface area contributed by atoms with Crippen LogP contribution in [0.25, 0.3) is 0 Å². The molecule has 1 aromatic carbocycles. The molecule has 1 rings (SSSR count). The molecule has 0 radical (unpaired) electrons. The number of nitrogen functional groups attached to an aromatic ring is 1. The summed E-state index contributed by atoms with van der Waals surface area (Å²) in [7, 11) is 8.50. The van der Waals surface area contributed by atoms with Gasteiger partial charge >= 0.3 is 0 Å². The number of hydrogen-bond acceptors (Lipinski definition) is 2. The lowest BCUT2D eigenvalue weighted by molar-refractivity contribution is -0.849. The fourth-order valence-electron chi connectivity index (χ4n) is 0.453. The first-order valence-corrected chi connectivity index (χ1v) is 3.99. The third-order valence-electron chi connectivity index (χ3n) is 0.800. The summed E-state index contributed by atoms with van der Waals surface area (Å²) in [5, 5.41) is 0. The van der Waals surface area contributed by atoms with Gasteiger partial charge in [-0.25, -0.2) is 0 Å². The fraction of sp³-hybridized carbons (Fsp3) is 0.400. The number of anilines is 1. The number of hydrogen-bond donors (Lipinski definition) is 1. The maximum absolute atomic E-state index is 5.36. The van der Waals surface area contributed by atoms with Crippen molar-refractivity contribution >= 4 is 5.69 Å². The molecule has 0 spiro atoms. The molecule has 3 N–H and O–H groups in total. The topological polar surface area (TPSA) is 56.0 Å². The van der Waals surface area contributed by atoms with Gasteiger partial charge in [0.15, 0.2) is 0 Å². The number of rotatable bonds is 0. The zero-order valence-electron chi connectivity index (χ0n) is 8.86. The molecule has 3 nitrogen and oxygen atoms in total. The number of para-hydroxylation sites is 1. The van der Waals surface area contributed by atoms with Crippen LogP contribution in [0.2, 0.25) is 0 Å². The summed E-state index contributed by atoms with van der Waals surface area (Å²) in [6.45, 7) is 0. The van der Waals surface area contributed by atoms with E-state index in [1.165, 1.54) is 0 Å². The zero-order valence-corrected chi connectivity index (χ0v) is 8.86. The SMILES string of the molecule is C[N+](C)(C)C.Nc1ccccc1.[OH-]. The van der Waals surface area contributed by atoms with E-state index in [2.05, 4.69) is 28.2 Å². The van der Waals surface area contributed by atoms with Gasteiger partial charge in [-0.05, 0) is 12.1 Å². The summed E-state index contributed by atoms with van der Waals surface area (Å²) >= 11 is 0. The van der Waals surface area contributed by atoms with Crippen LogP contribution in [-0.4, -0.2) is 38.1 Å². The average Bonchev–Trinajstić information content (AvgIpc) is 1.85. The van der Waals surface area contributed by atoms with Crippen LogP contribution in [0.5, 0.6) is 0 Å². The Morgan fingerprint density at radius 2 is 1.23 bits per heavy atom. The Hall–Kier alpha value is -1.06. The summed E-state index contributed by atoms with van der Waals surface area (Å²) in [5.41, 5.74) is 6.18. The standard InChI is InChI=1S/C6H7N.C4H12N.H2O/c7-6-4-2-1-3-5-6;1-5(2,3)4;/h1-5H,7H2;1-4H3;1H2/q;+1;/p-1. The van der Waals surface area contributed by atoms with Crippen molar-refractivity contribution in [1.82, 2.24) is 0 Å². The molecular formula is C10H20N2O. The Labute approximate surface area is 80.7 Å². The van der Waals surface area contributed by atoms with Crippen LogP contribution < -0.4 is 5.73 Å². The first kappa shape index (κ1) is 14.5. The number of benzene rings is 1. The minimum atomic E-state index is 0. The van der Waals surface area contributed by atoms with Gasteiger partial charge in [-0.2, -0.15) is 0 Å². The van der Waals surface area contributed by atoms with E-state index in [1.807, 2.05) is 30.3 Å². The van der Waals surface area contributed by atoms with Gasteiger partial charge in [-0.3, -0.25) is 0 Å². The highest BCUT2D eigenvalue weighted by Crippen LogP contribution is 1.95. The van der Waals surface area contributed by atoms with E-state index < -0.39 is 0 Å². The average molecular weight is 184 g/mol. The maximum Gasteiger partial charge on any atom is 0.0675 e. The minimum Gasteiger partial charge on any atom is -0.870 e. The van der Waals surface area contributed by atoms with Crippen molar-refractivity contribution in [2.24, 2.45) is 0 Å². The van der Waals surface area contributed by atoms with Gasteiger partial charge in [0.2, 0.25) is 0 Å². The van der Waals surface area contributed by atoms with E-state index in [0.29, 0.717) is 0 Å². The van der Waals surface area contributed by atoms with Crippen LogP contribution in [-0.2, 0) is 0 Å². The molecule has 0 aliphatic rings. The smallest absolute Gasteiger partial charge is 0.0675 e. The van der Waals surface area contributed by atoms with E-state index in [9.17, 15) is 0 Å². The Kier molecular flexibility index (Phi) is 7.18. The van der Waals surface area contributed by atoms with Crippen LogP contribution in [0.4, 0.5) is 5.69 Å². The quantitative estimate of drug-likeness (QED) is 0.489. The van der Waals surface area contributed by atoms with Crippen LogP contribution in [0.1, 0.15) is 0 Å². The highest BCUT2D eigenvalue weighted by Gasteiger charge is 1.88. The van der Waals surface area contributed by atoms with Gasteiger partial charge in [0, 0.05) is 5.69 Å². The van der Waals surface area contributed by atoms with Crippen molar-refractivity contribution in [3.05, 3.63) is 30.3 Å². The molecule has 0 unspecified atom stereocenters. The van der Waals surface area contributed by atoms with Crippen molar-refractivity contribution in [1.29, 1.82) is 0 Å². The molecule has 3 heteroatoms. The van der Waals surface area contributed by atoms with Gasteiger partial charge in [0.25, 0.3) is 0 Å². The highest BCUT2D eigenvalue weighted by atomic mass is 16.0. The van der Waals surface area contributed by atoms with Gasteiger partial charge in [-0.1, -0.05) is 18.2 Å². The van der Waals surface area contributed by atoms with Crippen LogP contribution >= 0.6 is 0 Å². The van der Waals surface area contributed by atoms with Gasteiger partial charge in [-0.15, -0.1) is 0 Å². The van der Waals surface area contributed by atoms with Gasteiger partial charge in [0.1, 0.15) is 0 Å². The lowest BCUT2D eigenvalue weighted by atomic mass is 10.3. The first-order chi connectivity index (χ1) is 5.39. The third-order valence-corrected chi connectivity index (χ3v) is 0.800. The first-order valence-electron chi connectivity index (χ1n) is 3.99. The van der Waals surface area contributed by atoms with Crippen LogP contribution in [0.15, 0.2) is 30.3 Å². The number of nitrogens with two attached hydrogens (primary N) is 1. The van der Waals surface area contributed by atoms with Crippen LogP contribution in [0.3, 0.4) is 0 Å². The molecule has 1 aromatic rings. The number of quaternary nitrogens is 1. The molecule has 0 fully saturated rings. The normalized spacial score (nSPS) is 9.23. The molecule has 0 saturated heterocycles.